The lowest BCUT2D eigenvalue weighted by atomic mass is 10.2. The molecule has 0 aliphatic rings. The first-order valence-corrected chi connectivity index (χ1v) is 5.33. The Hall–Kier alpha value is -1.73. The third-order valence-electron chi connectivity index (χ3n) is 1.48. The van der Waals surface area contributed by atoms with E-state index in [0.29, 0.717) is 5.56 Å². The quantitative estimate of drug-likeness (QED) is 0.697. The minimum Gasteiger partial charge on any atom is -0.478 e. The summed E-state index contributed by atoms with van der Waals surface area (Å²) in [5.74, 6) is -1.13. The van der Waals surface area contributed by atoms with Gasteiger partial charge in [0.05, 0.1) is 0 Å². The van der Waals surface area contributed by atoms with Gasteiger partial charge in [-0.15, -0.1) is 0 Å². The van der Waals surface area contributed by atoms with Gasteiger partial charge in [-0.25, -0.2) is 18.4 Å². The van der Waals surface area contributed by atoms with Crippen LogP contribution in [-0.2, 0) is 14.8 Å². The molecule has 0 aliphatic heterocycles. The van der Waals surface area contributed by atoms with Crippen LogP contribution >= 0.6 is 0 Å². The molecule has 0 saturated heterocycles. The van der Waals surface area contributed by atoms with Gasteiger partial charge in [-0.1, -0.05) is 0 Å². The molecule has 6 nitrogen and oxygen atoms in total. The highest BCUT2D eigenvalue weighted by Gasteiger charge is 2.07. The average Bonchev–Trinajstić information content (AvgIpc) is 2.14. The Morgan fingerprint density at radius 2 is 2.13 bits per heavy atom. The second-order valence-corrected chi connectivity index (χ2v) is 4.23. The van der Waals surface area contributed by atoms with Crippen molar-refractivity contribution >= 4 is 22.1 Å². The second-order valence-electron chi connectivity index (χ2n) is 2.67. The van der Waals surface area contributed by atoms with E-state index in [1.54, 1.807) is 0 Å². The molecule has 3 N–H and O–H groups in total. The lowest BCUT2D eigenvalue weighted by molar-refractivity contribution is -0.131. The Balaban J connectivity index is 3.09. The van der Waals surface area contributed by atoms with E-state index in [9.17, 15) is 13.2 Å². The lowest BCUT2D eigenvalue weighted by Gasteiger charge is -1.97. The van der Waals surface area contributed by atoms with Crippen molar-refractivity contribution < 1.29 is 18.3 Å². The standard InChI is InChI=1S/C8H8N2O4S/c9-15(13,14)7-3-6(4-10-5-7)1-2-8(11)12/h1-5H,(H,11,12)(H2,9,13,14)/b2-1+. The molecule has 0 unspecified atom stereocenters. The van der Waals surface area contributed by atoms with Crippen molar-refractivity contribution in [3.05, 3.63) is 30.1 Å². The molecule has 0 saturated carbocycles. The van der Waals surface area contributed by atoms with E-state index in [0.717, 1.165) is 12.3 Å². The van der Waals surface area contributed by atoms with Crippen molar-refractivity contribution in [2.75, 3.05) is 0 Å². The molecule has 1 aromatic heterocycles. The van der Waals surface area contributed by atoms with Gasteiger partial charge in [0.25, 0.3) is 0 Å². The molecule has 7 heteroatoms. The lowest BCUT2D eigenvalue weighted by Crippen LogP contribution is -2.12. The smallest absolute Gasteiger partial charge is 0.328 e. The van der Waals surface area contributed by atoms with Crippen LogP contribution in [0.15, 0.2) is 29.4 Å². The minimum absolute atomic E-state index is 0.157. The molecule has 80 valence electrons. The zero-order valence-corrected chi connectivity index (χ0v) is 8.31. The highest BCUT2D eigenvalue weighted by atomic mass is 32.2. The summed E-state index contributed by atoms with van der Waals surface area (Å²) in [5, 5.41) is 13.2. The van der Waals surface area contributed by atoms with Gasteiger partial charge >= 0.3 is 5.97 Å². The molecule has 1 rings (SSSR count). The number of primary sulfonamides is 1. The minimum atomic E-state index is -3.81. The Morgan fingerprint density at radius 1 is 1.47 bits per heavy atom. The molecular formula is C8H8N2O4S. The molecule has 1 heterocycles. The Bertz CT molecular complexity index is 507. The number of nitrogens with zero attached hydrogens (tertiary/aromatic N) is 1. The number of pyridine rings is 1. The predicted molar refractivity (Wildman–Crippen MR) is 52.3 cm³/mol. The molecular weight excluding hydrogens is 220 g/mol. The fraction of sp³-hybridized carbons (Fsp3) is 0. The van der Waals surface area contributed by atoms with E-state index in [4.69, 9.17) is 10.2 Å². The third kappa shape index (κ3) is 3.49. The highest BCUT2D eigenvalue weighted by molar-refractivity contribution is 7.89. The molecule has 0 aromatic carbocycles. The highest BCUT2D eigenvalue weighted by Crippen LogP contribution is 2.08. The molecule has 0 bridgehead atoms. The third-order valence-corrected chi connectivity index (χ3v) is 2.36. The number of aromatic nitrogens is 1. The summed E-state index contributed by atoms with van der Waals surface area (Å²) in [4.78, 5) is 13.7. The maximum atomic E-state index is 10.9. The summed E-state index contributed by atoms with van der Waals surface area (Å²) >= 11 is 0. The van der Waals surface area contributed by atoms with Crippen LogP contribution in [0.2, 0.25) is 0 Å². The Kier molecular flexibility index (Phi) is 3.17. The molecule has 0 spiro atoms. The van der Waals surface area contributed by atoms with Crippen molar-refractivity contribution in [1.29, 1.82) is 0 Å². The van der Waals surface area contributed by atoms with Crippen molar-refractivity contribution in [2.45, 2.75) is 4.90 Å². The molecule has 0 radical (unpaired) electrons. The molecule has 1 aromatic rings. The number of hydrogen-bond donors (Lipinski definition) is 2. The van der Waals surface area contributed by atoms with Crippen LogP contribution in [0.4, 0.5) is 0 Å². The van der Waals surface area contributed by atoms with Gasteiger partial charge in [-0.3, -0.25) is 4.98 Å². The van der Waals surface area contributed by atoms with Crippen LogP contribution in [0.25, 0.3) is 6.08 Å². The molecule has 0 fully saturated rings. The van der Waals surface area contributed by atoms with Crippen molar-refractivity contribution in [3.8, 4) is 0 Å². The van der Waals surface area contributed by atoms with E-state index in [-0.39, 0.29) is 4.90 Å². The van der Waals surface area contributed by atoms with Crippen LogP contribution in [-0.4, -0.2) is 24.5 Å². The number of aliphatic carboxylic acids is 1. The van der Waals surface area contributed by atoms with Gasteiger partial charge in [-0.2, -0.15) is 0 Å². The van der Waals surface area contributed by atoms with Crippen molar-refractivity contribution in [1.82, 2.24) is 4.98 Å². The van der Waals surface area contributed by atoms with E-state index in [1.807, 2.05) is 0 Å². The number of carboxylic acids is 1. The molecule has 15 heavy (non-hydrogen) atoms. The first kappa shape index (κ1) is 11.3. The summed E-state index contributed by atoms with van der Waals surface area (Å²) in [6.07, 6.45) is 4.52. The summed E-state index contributed by atoms with van der Waals surface area (Å²) in [5.41, 5.74) is 0.351. The summed E-state index contributed by atoms with van der Waals surface area (Å²) < 4.78 is 21.8. The fourth-order valence-corrected chi connectivity index (χ4v) is 1.36. The maximum Gasteiger partial charge on any atom is 0.328 e. The van der Waals surface area contributed by atoms with Crippen LogP contribution in [0.1, 0.15) is 5.56 Å². The number of carbonyl (C=O) groups is 1. The van der Waals surface area contributed by atoms with E-state index in [2.05, 4.69) is 4.98 Å². The number of carboxylic acid groups (broad SMARTS) is 1. The van der Waals surface area contributed by atoms with Gasteiger partial charge < -0.3 is 5.11 Å². The van der Waals surface area contributed by atoms with E-state index < -0.39 is 16.0 Å². The monoisotopic (exact) mass is 228 g/mol. The Labute approximate surface area is 86.1 Å². The summed E-state index contributed by atoms with van der Waals surface area (Å²) in [6.45, 7) is 0. The summed E-state index contributed by atoms with van der Waals surface area (Å²) in [6, 6.07) is 1.24. The maximum absolute atomic E-state index is 10.9. The van der Waals surface area contributed by atoms with Gasteiger partial charge in [0.15, 0.2) is 0 Å². The van der Waals surface area contributed by atoms with E-state index >= 15 is 0 Å². The van der Waals surface area contributed by atoms with Gasteiger partial charge in [0.2, 0.25) is 10.0 Å². The zero-order chi connectivity index (χ0) is 11.5. The van der Waals surface area contributed by atoms with Gasteiger partial charge in [0, 0.05) is 18.5 Å². The van der Waals surface area contributed by atoms with E-state index in [1.165, 1.54) is 18.3 Å². The fourth-order valence-electron chi connectivity index (χ4n) is 0.850. The van der Waals surface area contributed by atoms with Gasteiger partial charge in [-0.05, 0) is 17.7 Å². The van der Waals surface area contributed by atoms with Crippen molar-refractivity contribution in [2.24, 2.45) is 5.14 Å². The number of hydrogen-bond acceptors (Lipinski definition) is 4. The largest absolute Gasteiger partial charge is 0.478 e. The Morgan fingerprint density at radius 3 is 2.67 bits per heavy atom. The number of nitrogens with two attached hydrogens (primary N) is 1. The molecule has 0 amide bonds. The van der Waals surface area contributed by atoms with Crippen LogP contribution in [0.3, 0.4) is 0 Å². The topological polar surface area (TPSA) is 110 Å². The first-order chi connectivity index (χ1) is 6.89. The van der Waals surface area contributed by atoms with Crippen LogP contribution in [0.5, 0.6) is 0 Å². The van der Waals surface area contributed by atoms with Crippen LogP contribution in [0, 0.1) is 0 Å². The molecule has 0 atom stereocenters. The van der Waals surface area contributed by atoms with Gasteiger partial charge in [0.1, 0.15) is 4.90 Å². The zero-order valence-electron chi connectivity index (χ0n) is 7.49. The number of sulfonamides is 1. The normalized spacial score (nSPS) is 11.8. The average molecular weight is 228 g/mol. The second kappa shape index (κ2) is 4.20. The molecule has 0 aliphatic carbocycles. The summed E-state index contributed by atoms with van der Waals surface area (Å²) in [7, 11) is -3.81. The van der Waals surface area contributed by atoms with Crippen molar-refractivity contribution in [3.63, 3.8) is 0 Å². The number of rotatable bonds is 3. The SMILES string of the molecule is NS(=O)(=O)c1cncc(/C=C/C(=O)O)c1. The predicted octanol–water partition coefficient (Wildman–Crippen LogP) is -0.173. The first-order valence-electron chi connectivity index (χ1n) is 3.78. The van der Waals surface area contributed by atoms with Crippen LogP contribution < -0.4 is 5.14 Å².